The van der Waals surface area contributed by atoms with Gasteiger partial charge in [-0.15, -0.1) is 35.3 Å². The Morgan fingerprint density at radius 3 is 0.993 bits per heavy atom. The summed E-state index contributed by atoms with van der Waals surface area (Å²) in [4.78, 5) is 111. The number of ether oxygens (including phenoxy) is 12. The van der Waals surface area contributed by atoms with E-state index in [4.69, 9.17) is 116 Å². The van der Waals surface area contributed by atoms with Crippen molar-refractivity contribution in [3.05, 3.63) is 279 Å². The molecule has 9 aromatic rings. The fourth-order valence-corrected chi connectivity index (χ4v) is 15.2. The number of aliphatic hydroxyl groups excluding tert-OH is 2. The first kappa shape index (κ1) is 125. The van der Waals surface area contributed by atoms with Crippen LogP contribution in [0.1, 0.15) is 167 Å². The molecule has 40 heteroatoms. The first-order chi connectivity index (χ1) is 63.6. The van der Waals surface area contributed by atoms with Gasteiger partial charge in [0.2, 0.25) is 0 Å². The van der Waals surface area contributed by atoms with Gasteiger partial charge in [0.25, 0.3) is 3.25 Å². The molecule has 2 aliphatic rings. The Labute approximate surface area is 889 Å². The molecule has 2 fully saturated rings. The standard InChI is InChI=1S/C19H20O5S.C18H18O5S.C16H16O4S.C11H11BrO4.C9H8Br2O2.C9H9BrO2.C4H8O2.C4H8O.C2H4O2.CCl4.CH3F.K/c1-13(20)24-11-16-7-6-15(19(21)23-3)10-18(16)25-12-14-4-8-17(22-2)9-5-14;1-12(19)23-10-15-6-5-14(18(20)21)9-17(15)24-11-13-3-7-16(22-2)8-4-13;1-20-14-6-2-11(3-7-14)10-21-15-8-12(16(18)19)4-5-13(15)9-17;1-7(13)16-6-9-4-3-8(5-10(9)12)11(14)15-2;1-13-9(12)6-2-3-7(5-10)8(11)4-6;1-6-3-4-7(5-8(6)10)9(11)12-2;5-4-2-1-3-6-4;1-2-4-5-3-1;1-2(3)4;2-1(3,4)5;1-2;/h4-10H,11-12H2,1-3H3;3-9H,10-11H2,1-2H3,(H,20,21);2-8,17H,9-10H2,1H3,(H,18,19);3-5H,6H2,1-2H3;2-4H,5H2,1H3;3-5H,1-2H3;4-5H,1-3H2;1-4H2;1H3,(H,3,4);;1H3;/q;;;;;;;;;;;+1/p-1/i;;;;;;;;;;1D;. The summed E-state index contributed by atoms with van der Waals surface area (Å²) in [7, 11) is 9.27. The van der Waals surface area contributed by atoms with Gasteiger partial charge in [-0.2, -0.15) is 0 Å². The van der Waals surface area contributed by atoms with Crippen LogP contribution in [-0.2, 0) is 111 Å². The van der Waals surface area contributed by atoms with Crippen LogP contribution in [0.4, 0.5) is 4.39 Å². The number of alkyl halides is 6. The molecule has 4 N–H and O–H groups in total. The van der Waals surface area contributed by atoms with E-state index in [0.717, 1.165) is 136 Å². The van der Waals surface area contributed by atoms with E-state index in [9.17, 15) is 52.6 Å². The summed E-state index contributed by atoms with van der Waals surface area (Å²) < 4.78 is 75.0. The van der Waals surface area contributed by atoms with Crippen molar-refractivity contribution >= 4 is 205 Å². The molecule has 2 aliphatic heterocycles. The zero-order valence-electron chi connectivity index (χ0n) is 76.5. The normalized spacial score (nSPS) is 11.5. The molecule has 9 aromatic carbocycles. The molecule has 27 nitrogen and oxygen atoms in total. The zero-order chi connectivity index (χ0) is 101. The first-order valence-corrected chi connectivity index (χ1v) is 47.1. The Morgan fingerprint density at radius 1 is 0.455 bits per heavy atom. The molecule has 2 heterocycles. The van der Waals surface area contributed by atoms with Crippen LogP contribution in [-0.4, -0.2) is 166 Å². The third-order valence-corrected chi connectivity index (χ3v) is 23.1. The van der Waals surface area contributed by atoms with E-state index in [1.165, 1.54) is 97.7 Å². The van der Waals surface area contributed by atoms with Gasteiger partial charge in [0, 0.05) is 120 Å². The summed E-state index contributed by atoms with van der Waals surface area (Å²) in [5.41, 5.74) is 11.1. The Morgan fingerprint density at radius 2 is 0.739 bits per heavy atom. The molecule has 0 spiro atoms. The van der Waals surface area contributed by atoms with Crippen molar-refractivity contribution in [3.8, 4) is 17.2 Å². The number of hydrogen-bond donors (Lipinski definition) is 4. The van der Waals surface area contributed by atoms with Crippen molar-refractivity contribution in [3.63, 3.8) is 0 Å². The Bertz CT molecular complexity index is 5110. The largest absolute Gasteiger partial charge is 1.00 e. The molecule has 0 aliphatic carbocycles. The molecular formula is C94H104Br4Cl4FKO27S3. The predicted molar refractivity (Wildman–Crippen MR) is 523 cm³/mol. The number of halogens is 9. The molecule has 2 saturated heterocycles. The number of rotatable bonds is 26. The van der Waals surface area contributed by atoms with Gasteiger partial charge in [-0.3, -0.25) is 18.8 Å². The number of carbonyl (C=O) groups excluding carboxylic acids is 8. The van der Waals surface area contributed by atoms with Crippen LogP contribution in [0, 0.1) is 6.92 Å². The summed E-state index contributed by atoms with van der Waals surface area (Å²) in [6.45, 7) is 10.1. The molecule has 11 rings (SSSR count). The van der Waals surface area contributed by atoms with Crippen LogP contribution in [0.2, 0.25) is 0 Å². The Kier molecular flexibility index (Phi) is 67.8. The average molecular weight is 2280 g/mol. The van der Waals surface area contributed by atoms with Gasteiger partial charge < -0.3 is 87.2 Å². The van der Waals surface area contributed by atoms with E-state index >= 15 is 0 Å². The maximum atomic E-state index is 11.8. The van der Waals surface area contributed by atoms with Crippen LogP contribution < -0.4 is 70.7 Å². The van der Waals surface area contributed by atoms with E-state index in [1.807, 2.05) is 91.9 Å². The van der Waals surface area contributed by atoms with E-state index in [1.54, 1.807) is 118 Å². The van der Waals surface area contributed by atoms with Crippen molar-refractivity contribution < 1.29 is 187 Å². The summed E-state index contributed by atoms with van der Waals surface area (Å²) in [6.07, 6.45) is 3.94. The predicted octanol–water partition coefficient (Wildman–Crippen LogP) is 18.5. The number of methoxy groups -OCH3 is 7. The second-order valence-electron chi connectivity index (χ2n) is 26.4. The van der Waals surface area contributed by atoms with Crippen molar-refractivity contribution in [2.24, 2.45) is 0 Å². The van der Waals surface area contributed by atoms with Gasteiger partial charge in [-0.05, 0) is 176 Å². The number of aliphatic carboxylic acids is 1. The van der Waals surface area contributed by atoms with Crippen LogP contribution in [0.5, 0.6) is 17.2 Å². The molecule has 1 atom stereocenters. The number of carboxylic acid groups (broad SMARTS) is 3. The second kappa shape index (κ2) is 72.9. The van der Waals surface area contributed by atoms with Crippen molar-refractivity contribution in [2.45, 2.75) is 134 Å². The number of aliphatic hydroxyl groups is 2. The number of benzene rings is 9. The molecule has 0 amide bonds. The van der Waals surface area contributed by atoms with Crippen LogP contribution >= 0.6 is 145 Å². The molecule has 0 aromatic heterocycles. The molecular weight excluding hydrogens is 2180 g/mol. The molecule has 1 unspecified atom stereocenters. The van der Waals surface area contributed by atoms with Crippen LogP contribution in [0.15, 0.2) is 210 Å². The third-order valence-electron chi connectivity index (χ3n) is 16.7. The van der Waals surface area contributed by atoms with Crippen LogP contribution in [0.3, 0.4) is 0 Å². The number of hydrogen-bond acceptors (Lipinski definition) is 28. The molecule has 724 valence electrons. The average Bonchev–Trinajstić information content (AvgIpc) is 1.28. The topological polar surface area (TPSA) is 385 Å². The molecule has 0 saturated carbocycles. The molecule has 0 radical (unpaired) electrons. The maximum Gasteiger partial charge on any atom is 1.00 e. The van der Waals surface area contributed by atoms with Crippen molar-refractivity contribution in [2.75, 3.05) is 76.7 Å². The van der Waals surface area contributed by atoms with Gasteiger partial charge in [0.1, 0.15) is 37.1 Å². The van der Waals surface area contributed by atoms with Gasteiger partial charge in [0.05, 0.1) is 98.3 Å². The summed E-state index contributed by atoms with van der Waals surface area (Å²) in [5.74, 6) is -1.07. The number of aromatic carboxylic acids is 2. The minimum atomic E-state index is -1.61. The third kappa shape index (κ3) is 55.9. The number of carboxylic acids is 3. The smallest absolute Gasteiger partial charge is 0.550 e. The number of carbonyl (C=O) groups is 10. The van der Waals surface area contributed by atoms with Gasteiger partial charge in [-0.1, -0.05) is 183 Å². The quantitative estimate of drug-likeness (QED) is 0.0129. The molecule has 134 heavy (non-hydrogen) atoms. The van der Waals surface area contributed by atoms with Crippen molar-refractivity contribution in [1.29, 1.82) is 0 Å². The Hall–Kier alpha value is -7.38. The summed E-state index contributed by atoms with van der Waals surface area (Å²) in [5, 5.41) is 45.7. The Balaban J connectivity index is 0.00000154. The van der Waals surface area contributed by atoms with Gasteiger partial charge >= 0.3 is 105 Å². The SMILES string of the molecule is C1CCOC1.CC(=O)[O-].COC(=O)c1ccc(C)c(Br)c1.COC(=O)c1ccc(CBr)c(Br)c1.COC(=O)c1ccc(COC(C)=O)c(Br)c1.COC(=O)c1ccc(COC(C)=O)c(SCc2ccc(OC)cc2)c1.COc1ccc(CSc2cc(C(=O)O)ccc2CO)cc1.COc1ccc(CSc2cc(C(=O)O)ccc2COC(C)=O)cc1.ClC(Cl)(Cl)Cl.OC1CCCO1.[2H]CF.[K+]. The first-order valence-electron chi connectivity index (χ1n) is 39.8. The number of thioether (sulfide) groups is 3. The van der Waals surface area contributed by atoms with E-state index in [0.29, 0.717) is 44.0 Å². The van der Waals surface area contributed by atoms with Crippen molar-refractivity contribution in [1.82, 2.24) is 0 Å². The fourth-order valence-electron chi connectivity index (χ4n) is 9.85. The monoisotopic (exact) mass is 2280 g/mol. The van der Waals surface area contributed by atoms with E-state index < -0.39 is 46.5 Å². The van der Waals surface area contributed by atoms with Crippen LogP contribution in [0.25, 0.3) is 0 Å². The minimum Gasteiger partial charge on any atom is -0.550 e. The number of aryl methyl sites for hydroxylation is 1. The zero-order valence-corrected chi connectivity index (χ0v) is 90.5. The number of esters is 7. The summed E-state index contributed by atoms with van der Waals surface area (Å²) in [6, 6.07) is 53.6. The fraction of sp³-hybridized carbons (Fsp3) is 0.319. The summed E-state index contributed by atoms with van der Waals surface area (Å²) >= 11 is 37.2. The second-order valence-corrected chi connectivity index (χ2v) is 36.0. The van der Waals surface area contributed by atoms with E-state index in [-0.39, 0.29) is 119 Å². The molecule has 0 bridgehead atoms. The minimum absolute atomic E-state index is 0. The van der Waals surface area contributed by atoms with Gasteiger partial charge in [0.15, 0.2) is 6.29 Å². The maximum absolute atomic E-state index is 11.8. The van der Waals surface area contributed by atoms with E-state index in [2.05, 4.69) is 77.9 Å². The van der Waals surface area contributed by atoms with Gasteiger partial charge in [-0.25, -0.2) is 28.8 Å².